The van der Waals surface area contributed by atoms with Crippen molar-refractivity contribution < 1.29 is 24.4 Å². The first-order valence-electron chi connectivity index (χ1n) is 9.63. The number of fused-ring (bicyclic) bond motifs is 1. The lowest BCUT2D eigenvalue weighted by Crippen LogP contribution is -2.35. The Balaban J connectivity index is 1.48. The Bertz CT molecular complexity index is 904. The van der Waals surface area contributed by atoms with Crippen LogP contribution in [0.15, 0.2) is 25.3 Å². The molecule has 2 aromatic rings. The number of anilines is 1. The van der Waals surface area contributed by atoms with Crippen molar-refractivity contribution in [2.24, 2.45) is 0 Å². The van der Waals surface area contributed by atoms with Crippen molar-refractivity contribution in [2.75, 3.05) is 31.7 Å². The van der Waals surface area contributed by atoms with Crippen LogP contribution in [0.1, 0.15) is 12.6 Å². The molecule has 5 atom stereocenters. The van der Waals surface area contributed by atoms with Gasteiger partial charge >= 0.3 is 0 Å². The van der Waals surface area contributed by atoms with Gasteiger partial charge in [0.15, 0.2) is 23.2 Å². The predicted molar refractivity (Wildman–Crippen MR) is 111 cm³/mol. The molecule has 0 aliphatic carbocycles. The second kappa shape index (κ2) is 9.18. The Labute approximate surface area is 178 Å². The van der Waals surface area contributed by atoms with Crippen LogP contribution in [0.5, 0.6) is 0 Å². The number of thiocarbonyl (C=S) groups is 1. The summed E-state index contributed by atoms with van der Waals surface area (Å²) in [5.41, 5.74) is 1.02. The number of hydrogen-bond donors (Lipinski definition) is 4. The van der Waals surface area contributed by atoms with Crippen molar-refractivity contribution in [2.45, 2.75) is 37.0 Å². The minimum atomic E-state index is -1.19. The molecule has 0 saturated carbocycles. The Kier molecular flexibility index (Phi) is 6.39. The average molecular weight is 436 g/mol. The predicted octanol–water partition coefficient (Wildman–Crippen LogP) is -0.277. The molecular weight excluding hydrogens is 412 g/mol. The molecule has 2 saturated heterocycles. The summed E-state index contributed by atoms with van der Waals surface area (Å²) in [7, 11) is 0. The van der Waals surface area contributed by atoms with Crippen LogP contribution in [0.2, 0.25) is 0 Å². The van der Waals surface area contributed by atoms with Gasteiger partial charge in [-0.3, -0.25) is 4.57 Å². The summed E-state index contributed by atoms with van der Waals surface area (Å²) < 4.78 is 18.2. The lowest BCUT2D eigenvalue weighted by Gasteiger charge is -2.17. The lowest BCUT2D eigenvalue weighted by molar-refractivity contribution is -0.0491. The van der Waals surface area contributed by atoms with Gasteiger partial charge in [-0.2, -0.15) is 0 Å². The number of imidazole rings is 1. The molecule has 0 aromatic carbocycles. The summed E-state index contributed by atoms with van der Waals surface area (Å²) in [5, 5.41) is 27.3. The van der Waals surface area contributed by atoms with Crippen LogP contribution in [-0.2, 0) is 14.2 Å². The van der Waals surface area contributed by atoms with E-state index in [-0.39, 0.29) is 17.8 Å². The molecule has 2 aliphatic rings. The van der Waals surface area contributed by atoms with Gasteiger partial charge in [0, 0.05) is 13.2 Å². The summed E-state index contributed by atoms with van der Waals surface area (Å²) in [6, 6.07) is 0.156. The van der Waals surface area contributed by atoms with Gasteiger partial charge in [0.25, 0.3) is 5.17 Å². The van der Waals surface area contributed by atoms with E-state index in [1.165, 1.54) is 12.7 Å². The van der Waals surface area contributed by atoms with E-state index in [4.69, 9.17) is 26.4 Å². The normalized spacial score (nSPS) is 28.5. The molecule has 4 rings (SSSR count). The fourth-order valence-corrected chi connectivity index (χ4v) is 3.60. The number of nitrogens with one attached hydrogen (secondary N) is 2. The molecule has 30 heavy (non-hydrogen) atoms. The average Bonchev–Trinajstić information content (AvgIpc) is 3.47. The quantitative estimate of drug-likeness (QED) is 0.337. The van der Waals surface area contributed by atoms with E-state index < -0.39 is 24.5 Å². The fraction of sp³-hybridized carbons (Fsp3) is 0.556. The van der Waals surface area contributed by atoms with Crippen molar-refractivity contribution in [1.29, 1.82) is 0 Å². The molecule has 2 aromatic heterocycles. The first kappa shape index (κ1) is 20.9. The molecule has 0 amide bonds. The van der Waals surface area contributed by atoms with Gasteiger partial charge in [0.2, 0.25) is 0 Å². The van der Waals surface area contributed by atoms with E-state index >= 15 is 0 Å². The van der Waals surface area contributed by atoms with Gasteiger partial charge in [0.05, 0.1) is 19.0 Å². The van der Waals surface area contributed by atoms with Crippen LogP contribution < -0.4 is 10.6 Å². The summed E-state index contributed by atoms with van der Waals surface area (Å²) in [6.07, 6.45) is 1.44. The van der Waals surface area contributed by atoms with Crippen molar-refractivity contribution in [3.05, 3.63) is 25.3 Å². The van der Waals surface area contributed by atoms with Gasteiger partial charge in [-0.1, -0.05) is 6.08 Å². The monoisotopic (exact) mass is 436 g/mol. The molecule has 2 fully saturated rings. The lowest BCUT2D eigenvalue weighted by atomic mass is 10.1. The van der Waals surface area contributed by atoms with E-state index in [2.05, 4.69) is 32.2 Å². The van der Waals surface area contributed by atoms with Crippen LogP contribution in [0.4, 0.5) is 5.82 Å². The van der Waals surface area contributed by atoms with Gasteiger partial charge in [-0.15, -0.1) is 6.58 Å². The third-order valence-electron chi connectivity index (χ3n) is 5.01. The van der Waals surface area contributed by atoms with Crippen LogP contribution in [0.25, 0.3) is 11.2 Å². The number of nitrogens with zero attached hydrogens (tertiary/aromatic N) is 4. The number of aromatic nitrogens is 4. The maximum atomic E-state index is 10.5. The SMILES string of the molecule is C=CCNC(=S)OC[C@H]1OC(n2cnc3c(NC4CCOC4)ncnc32)[C@H](O)[C@@H]1O. The number of rotatable bonds is 7. The second-order valence-electron chi connectivity index (χ2n) is 7.07. The molecule has 0 bridgehead atoms. The van der Waals surface area contributed by atoms with Crippen LogP contribution in [-0.4, -0.2) is 85.6 Å². The van der Waals surface area contributed by atoms with E-state index in [9.17, 15) is 10.2 Å². The summed E-state index contributed by atoms with van der Waals surface area (Å²) >= 11 is 5.04. The zero-order valence-electron chi connectivity index (χ0n) is 16.2. The van der Waals surface area contributed by atoms with E-state index in [1.54, 1.807) is 10.6 Å². The molecule has 4 heterocycles. The van der Waals surface area contributed by atoms with Crippen molar-refractivity contribution in [3.8, 4) is 0 Å². The Morgan fingerprint density at radius 3 is 3.00 bits per heavy atom. The maximum Gasteiger partial charge on any atom is 0.256 e. The highest BCUT2D eigenvalue weighted by Crippen LogP contribution is 2.32. The van der Waals surface area contributed by atoms with Crippen LogP contribution in [0.3, 0.4) is 0 Å². The Hall–Kier alpha value is -2.38. The smallest absolute Gasteiger partial charge is 0.256 e. The minimum absolute atomic E-state index is 0.0200. The summed E-state index contributed by atoms with van der Waals surface area (Å²) in [4.78, 5) is 13.0. The number of aliphatic hydroxyl groups excluding tert-OH is 2. The Morgan fingerprint density at radius 1 is 1.37 bits per heavy atom. The fourth-order valence-electron chi connectivity index (χ4n) is 3.45. The van der Waals surface area contributed by atoms with E-state index in [0.29, 0.717) is 36.7 Å². The molecule has 2 unspecified atom stereocenters. The molecule has 4 N–H and O–H groups in total. The first-order valence-corrected chi connectivity index (χ1v) is 10.0. The zero-order chi connectivity index (χ0) is 21.1. The van der Waals surface area contributed by atoms with Gasteiger partial charge in [0.1, 0.15) is 31.2 Å². The second-order valence-corrected chi connectivity index (χ2v) is 7.44. The maximum absolute atomic E-state index is 10.5. The van der Waals surface area contributed by atoms with Crippen molar-refractivity contribution >= 4 is 34.4 Å². The highest BCUT2D eigenvalue weighted by molar-refractivity contribution is 7.80. The minimum Gasteiger partial charge on any atom is -0.468 e. The number of hydrogen-bond acceptors (Lipinski definition) is 10. The molecule has 12 heteroatoms. The first-order chi connectivity index (χ1) is 14.6. The van der Waals surface area contributed by atoms with Gasteiger partial charge in [-0.25, -0.2) is 15.0 Å². The van der Waals surface area contributed by atoms with Crippen molar-refractivity contribution in [3.63, 3.8) is 0 Å². The highest BCUT2D eigenvalue weighted by Gasteiger charge is 2.44. The molecule has 11 nitrogen and oxygen atoms in total. The highest BCUT2D eigenvalue weighted by atomic mass is 32.1. The molecule has 2 aliphatic heterocycles. The third-order valence-corrected chi connectivity index (χ3v) is 5.27. The summed E-state index contributed by atoms with van der Waals surface area (Å²) in [5.74, 6) is 0.584. The molecule has 162 valence electrons. The standard InChI is InChI=1S/C18H24N6O5S/c1-2-4-19-18(30)28-7-11-13(25)14(26)17(29-11)24-9-22-12-15(20-8-21-16(12)24)23-10-3-5-27-6-10/h2,8-11,13-14,17,25-26H,1,3-7H2,(H,19,30)(H,20,21,23)/t10?,11-,13-,14-,17?/m1/s1. The topological polar surface area (TPSA) is 136 Å². The van der Waals surface area contributed by atoms with Crippen LogP contribution >= 0.6 is 12.2 Å². The van der Waals surface area contributed by atoms with Crippen LogP contribution in [0, 0.1) is 0 Å². The molecular formula is C18H24N6O5S. The summed E-state index contributed by atoms with van der Waals surface area (Å²) in [6.45, 7) is 5.34. The number of aliphatic hydroxyl groups is 2. The third kappa shape index (κ3) is 4.23. The van der Waals surface area contributed by atoms with E-state index in [1.807, 2.05) is 0 Å². The molecule has 0 radical (unpaired) electrons. The van der Waals surface area contributed by atoms with Gasteiger partial charge in [-0.05, 0) is 18.6 Å². The zero-order valence-corrected chi connectivity index (χ0v) is 17.0. The van der Waals surface area contributed by atoms with Crippen molar-refractivity contribution in [1.82, 2.24) is 24.8 Å². The largest absolute Gasteiger partial charge is 0.468 e. The molecule has 0 spiro atoms. The number of ether oxygens (including phenoxy) is 3. The van der Waals surface area contributed by atoms with E-state index in [0.717, 1.165) is 6.42 Å². The Morgan fingerprint density at radius 2 is 2.23 bits per heavy atom. The van der Waals surface area contributed by atoms with Gasteiger partial charge < -0.3 is 35.1 Å².